The predicted octanol–water partition coefficient (Wildman–Crippen LogP) is 1.10. The third-order valence-electron chi connectivity index (χ3n) is 3.81. The van der Waals surface area contributed by atoms with Gasteiger partial charge in [-0.25, -0.2) is 8.42 Å². The summed E-state index contributed by atoms with van der Waals surface area (Å²) in [6.07, 6.45) is 5.42. The molecule has 0 aromatic carbocycles. The highest BCUT2D eigenvalue weighted by atomic mass is 32.2. The average molecular weight is 304 g/mol. The second-order valence-corrected chi connectivity index (χ2v) is 8.80. The molecule has 1 aliphatic heterocycles. The number of rotatable bonds is 7. The van der Waals surface area contributed by atoms with Crippen molar-refractivity contribution in [3.8, 4) is 0 Å². The van der Waals surface area contributed by atoms with E-state index in [2.05, 4.69) is 10.6 Å². The first kappa shape index (κ1) is 17.4. The molecule has 0 aliphatic carbocycles. The molecular formula is C14H28N2O3S. The van der Waals surface area contributed by atoms with Crippen molar-refractivity contribution >= 4 is 15.7 Å². The number of nitrogens with one attached hydrogen (secondary N) is 2. The molecule has 0 atom stereocenters. The van der Waals surface area contributed by atoms with Gasteiger partial charge in [0.2, 0.25) is 5.91 Å². The topological polar surface area (TPSA) is 75.3 Å². The van der Waals surface area contributed by atoms with Crippen molar-refractivity contribution < 1.29 is 13.2 Å². The average Bonchev–Trinajstić information content (AvgIpc) is 2.34. The Kier molecular flexibility index (Phi) is 6.45. The van der Waals surface area contributed by atoms with Crippen LogP contribution in [0.15, 0.2) is 0 Å². The molecule has 6 heteroatoms. The lowest BCUT2D eigenvalue weighted by molar-refractivity contribution is -0.123. The van der Waals surface area contributed by atoms with Crippen molar-refractivity contribution in [2.75, 3.05) is 25.1 Å². The molecule has 0 unspecified atom stereocenters. The molecule has 0 aromatic heterocycles. The van der Waals surface area contributed by atoms with E-state index in [-0.39, 0.29) is 11.7 Å². The molecule has 1 saturated heterocycles. The molecule has 0 radical (unpaired) electrons. The highest BCUT2D eigenvalue weighted by molar-refractivity contribution is 7.90. The van der Waals surface area contributed by atoms with Gasteiger partial charge in [-0.2, -0.15) is 0 Å². The Bertz CT molecular complexity index is 412. The summed E-state index contributed by atoms with van der Waals surface area (Å²) in [6, 6.07) is 0. The third kappa shape index (κ3) is 7.85. The Hall–Kier alpha value is -0.620. The van der Waals surface area contributed by atoms with Gasteiger partial charge in [-0.05, 0) is 58.5 Å². The summed E-state index contributed by atoms with van der Waals surface area (Å²) in [5.74, 6) is 0.775. The zero-order valence-corrected chi connectivity index (χ0v) is 13.7. The van der Waals surface area contributed by atoms with Crippen LogP contribution in [0.4, 0.5) is 0 Å². The van der Waals surface area contributed by atoms with Gasteiger partial charge in [0.05, 0.1) is 5.75 Å². The summed E-state index contributed by atoms with van der Waals surface area (Å²) in [6.45, 7) is 5.85. The molecule has 1 rings (SSSR count). The molecule has 0 saturated carbocycles. The van der Waals surface area contributed by atoms with Crippen LogP contribution < -0.4 is 10.6 Å². The summed E-state index contributed by atoms with van der Waals surface area (Å²) in [5, 5.41) is 6.26. The molecule has 0 bridgehead atoms. The van der Waals surface area contributed by atoms with E-state index in [0.29, 0.717) is 18.8 Å². The molecule has 1 aliphatic rings. The zero-order chi connectivity index (χ0) is 15.2. The minimum atomic E-state index is -2.98. The van der Waals surface area contributed by atoms with E-state index in [9.17, 15) is 13.2 Å². The number of carbonyl (C=O) groups excluding carboxylic acids is 1. The highest BCUT2D eigenvalue weighted by Gasteiger charge is 2.23. The van der Waals surface area contributed by atoms with Crippen molar-refractivity contribution in [1.82, 2.24) is 10.6 Å². The molecule has 20 heavy (non-hydrogen) atoms. The van der Waals surface area contributed by atoms with Gasteiger partial charge in [-0.15, -0.1) is 0 Å². The number of hydrogen-bond acceptors (Lipinski definition) is 4. The Morgan fingerprint density at radius 2 is 1.90 bits per heavy atom. The Labute approximate surface area is 122 Å². The maximum atomic E-state index is 11.9. The molecular weight excluding hydrogens is 276 g/mol. The molecule has 0 spiro atoms. The number of amides is 1. The van der Waals surface area contributed by atoms with Crippen LogP contribution in [-0.4, -0.2) is 45.0 Å². The molecule has 1 fully saturated rings. The maximum absolute atomic E-state index is 11.9. The van der Waals surface area contributed by atoms with E-state index >= 15 is 0 Å². The van der Waals surface area contributed by atoms with E-state index in [0.717, 1.165) is 32.4 Å². The van der Waals surface area contributed by atoms with Crippen molar-refractivity contribution in [1.29, 1.82) is 0 Å². The minimum Gasteiger partial charge on any atom is -0.351 e. The summed E-state index contributed by atoms with van der Waals surface area (Å²) in [7, 11) is -2.98. The van der Waals surface area contributed by atoms with Crippen LogP contribution in [0, 0.1) is 5.92 Å². The lowest BCUT2D eigenvalue weighted by Gasteiger charge is -2.27. The highest BCUT2D eigenvalue weighted by Crippen LogP contribution is 2.18. The SMILES string of the molecule is CC(C)(CCS(C)(=O)=O)NC(=O)CCC1CCNCC1. The molecule has 5 nitrogen and oxygen atoms in total. The van der Waals surface area contributed by atoms with Crippen molar-refractivity contribution in [2.24, 2.45) is 5.92 Å². The zero-order valence-electron chi connectivity index (χ0n) is 12.9. The second kappa shape index (κ2) is 7.41. The Morgan fingerprint density at radius 1 is 1.30 bits per heavy atom. The molecule has 2 N–H and O–H groups in total. The molecule has 118 valence electrons. The maximum Gasteiger partial charge on any atom is 0.220 e. The van der Waals surface area contributed by atoms with Crippen LogP contribution in [0.2, 0.25) is 0 Å². The van der Waals surface area contributed by atoms with Crippen molar-refractivity contribution in [3.63, 3.8) is 0 Å². The molecule has 0 aromatic rings. The summed E-state index contributed by atoms with van der Waals surface area (Å²) >= 11 is 0. The van der Waals surface area contributed by atoms with E-state index in [1.807, 2.05) is 13.8 Å². The van der Waals surface area contributed by atoms with Crippen LogP contribution >= 0.6 is 0 Å². The van der Waals surface area contributed by atoms with Gasteiger partial charge in [0.15, 0.2) is 0 Å². The number of piperidine rings is 1. The Balaban J connectivity index is 2.28. The van der Waals surface area contributed by atoms with E-state index < -0.39 is 15.4 Å². The summed E-state index contributed by atoms with van der Waals surface area (Å²) in [5.41, 5.74) is -0.464. The van der Waals surface area contributed by atoms with Gasteiger partial charge in [0.25, 0.3) is 0 Å². The first-order valence-electron chi connectivity index (χ1n) is 7.37. The van der Waals surface area contributed by atoms with Crippen LogP contribution in [0.3, 0.4) is 0 Å². The molecule has 1 heterocycles. The van der Waals surface area contributed by atoms with Crippen molar-refractivity contribution in [3.05, 3.63) is 0 Å². The number of hydrogen-bond donors (Lipinski definition) is 2. The lowest BCUT2D eigenvalue weighted by atomic mass is 9.92. The summed E-state index contributed by atoms with van der Waals surface area (Å²) in [4.78, 5) is 11.9. The quantitative estimate of drug-likeness (QED) is 0.738. The number of sulfone groups is 1. The van der Waals surface area contributed by atoms with E-state index in [1.165, 1.54) is 6.26 Å². The standard InChI is InChI=1S/C14H28N2O3S/c1-14(2,8-11-20(3,18)19)16-13(17)5-4-12-6-9-15-10-7-12/h12,15H,4-11H2,1-3H3,(H,16,17). The van der Waals surface area contributed by atoms with Gasteiger partial charge in [0, 0.05) is 18.2 Å². The van der Waals surface area contributed by atoms with Gasteiger partial charge in [-0.3, -0.25) is 4.79 Å². The number of carbonyl (C=O) groups is 1. The van der Waals surface area contributed by atoms with Gasteiger partial charge in [-0.1, -0.05) is 0 Å². The van der Waals surface area contributed by atoms with Crippen LogP contribution in [0.25, 0.3) is 0 Å². The Morgan fingerprint density at radius 3 is 2.45 bits per heavy atom. The first-order chi connectivity index (χ1) is 9.18. The second-order valence-electron chi connectivity index (χ2n) is 6.54. The van der Waals surface area contributed by atoms with Crippen LogP contribution in [0.1, 0.15) is 46.0 Å². The summed E-state index contributed by atoms with van der Waals surface area (Å²) < 4.78 is 22.4. The van der Waals surface area contributed by atoms with Gasteiger partial charge >= 0.3 is 0 Å². The fourth-order valence-electron chi connectivity index (χ4n) is 2.45. The fraction of sp³-hybridized carbons (Fsp3) is 0.929. The van der Waals surface area contributed by atoms with Gasteiger partial charge in [0.1, 0.15) is 9.84 Å². The monoisotopic (exact) mass is 304 g/mol. The van der Waals surface area contributed by atoms with Crippen molar-refractivity contribution in [2.45, 2.75) is 51.5 Å². The third-order valence-corrected chi connectivity index (χ3v) is 4.76. The first-order valence-corrected chi connectivity index (χ1v) is 9.43. The minimum absolute atomic E-state index is 0.0297. The fourth-order valence-corrected chi connectivity index (χ4v) is 3.33. The van der Waals surface area contributed by atoms with Crippen LogP contribution in [0.5, 0.6) is 0 Å². The van der Waals surface area contributed by atoms with Gasteiger partial charge < -0.3 is 10.6 Å². The normalized spacial score (nSPS) is 17.9. The van der Waals surface area contributed by atoms with E-state index in [4.69, 9.17) is 0 Å². The molecule has 1 amide bonds. The predicted molar refractivity (Wildman–Crippen MR) is 81.4 cm³/mol. The smallest absolute Gasteiger partial charge is 0.220 e. The van der Waals surface area contributed by atoms with Crippen LogP contribution in [-0.2, 0) is 14.6 Å². The lowest BCUT2D eigenvalue weighted by Crippen LogP contribution is -2.44. The van der Waals surface area contributed by atoms with E-state index in [1.54, 1.807) is 0 Å². The largest absolute Gasteiger partial charge is 0.351 e.